The van der Waals surface area contributed by atoms with Crippen LogP contribution >= 0.6 is 11.3 Å². The number of hydrogen-bond donors (Lipinski definition) is 1. The predicted molar refractivity (Wildman–Crippen MR) is 104 cm³/mol. The molecule has 1 N–H and O–H groups in total. The molecular formula is C20H17N3O2S. The number of nitriles is 1. The maximum absolute atomic E-state index is 9.52. The number of nitrogens with one attached hydrogen (secondary N) is 1. The molecule has 6 heteroatoms. The van der Waals surface area contributed by atoms with Gasteiger partial charge in [0.25, 0.3) is 0 Å². The lowest BCUT2D eigenvalue weighted by Gasteiger charge is -2.10. The van der Waals surface area contributed by atoms with Gasteiger partial charge in [0.1, 0.15) is 28.1 Å². The Kier molecular flexibility index (Phi) is 5.52. The third-order valence-electron chi connectivity index (χ3n) is 3.70. The van der Waals surface area contributed by atoms with E-state index in [1.54, 1.807) is 26.5 Å². The minimum absolute atomic E-state index is 0.446. The van der Waals surface area contributed by atoms with Crippen molar-refractivity contribution in [1.29, 1.82) is 5.26 Å². The molecule has 0 unspecified atom stereocenters. The van der Waals surface area contributed by atoms with Gasteiger partial charge in [-0.05, 0) is 12.1 Å². The summed E-state index contributed by atoms with van der Waals surface area (Å²) >= 11 is 1.43. The number of methoxy groups -OCH3 is 2. The zero-order valence-corrected chi connectivity index (χ0v) is 15.2. The molecule has 5 nitrogen and oxygen atoms in total. The first-order chi connectivity index (χ1) is 12.7. The van der Waals surface area contributed by atoms with Crippen molar-refractivity contribution in [3.63, 3.8) is 0 Å². The van der Waals surface area contributed by atoms with Gasteiger partial charge in [0, 0.05) is 23.2 Å². The molecule has 0 saturated heterocycles. The van der Waals surface area contributed by atoms with Crippen LogP contribution in [0.5, 0.6) is 11.5 Å². The molecule has 26 heavy (non-hydrogen) atoms. The van der Waals surface area contributed by atoms with Crippen LogP contribution in [-0.2, 0) is 0 Å². The monoisotopic (exact) mass is 363 g/mol. The van der Waals surface area contributed by atoms with Crippen molar-refractivity contribution in [2.75, 3.05) is 19.5 Å². The molecule has 3 aromatic rings. The van der Waals surface area contributed by atoms with Crippen LogP contribution < -0.4 is 14.8 Å². The summed E-state index contributed by atoms with van der Waals surface area (Å²) in [6.45, 7) is 0. The molecule has 0 aliphatic carbocycles. The van der Waals surface area contributed by atoms with Gasteiger partial charge < -0.3 is 14.8 Å². The Morgan fingerprint density at radius 2 is 1.96 bits per heavy atom. The summed E-state index contributed by atoms with van der Waals surface area (Å²) in [7, 11) is 3.19. The average molecular weight is 363 g/mol. The van der Waals surface area contributed by atoms with E-state index in [2.05, 4.69) is 16.4 Å². The van der Waals surface area contributed by atoms with Crippen LogP contribution in [0.1, 0.15) is 5.01 Å². The molecule has 0 saturated carbocycles. The van der Waals surface area contributed by atoms with E-state index in [4.69, 9.17) is 9.47 Å². The van der Waals surface area contributed by atoms with E-state index in [1.165, 1.54) is 11.3 Å². The zero-order chi connectivity index (χ0) is 18.4. The summed E-state index contributed by atoms with van der Waals surface area (Å²) in [6, 6.07) is 17.5. The van der Waals surface area contributed by atoms with Crippen molar-refractivity contribution in [3.05, 3.63) is 65.1 Å². The number of ether oxygens (including phenoxy) is 2. The molecule has 0 aliphatic rings. The normalized spacial score (nSPS) is 10.9. The average Bonchev–Trinajstić information content (AvgIpc) is 3.19. The number of thiazole rings is 1. The zero-order valence-electron chi connectivity index (χ0n) is 14.4. The molecule has 2 aromatic carbocycles. The summed E-state index contributed by atoms with van der Waals surface area (Å²) < 4.78 is 10.6. The van der Waals surface area contributed by atoms with E-state index in [1.807, 2.05) is 47.8 Å². The molecule has 0 aliphatic heterocycles. The highest BCUT2D eigenvalue weighted by atomic mass is 32.1. The summed E-state index contributed by atoms with van der Waals surface area (Å²) in [6.07, 6.45) is 1.63. The lowest BCUT2D eigenvalue weighted by Crippen LogP contribution is -1.96. The number of rotatable bonds is 6. The van der Waals surface area contributed by atoms with Crippen LogP contribution in [0, 0.1) is 11.3 Å². The van der Waals surface area contributed by atoms with E-state index in [0.29, 0.717) is 27.8 Å². The van der Waals surface area contributed by atoms with Gasteiger partial charge in [-0.3, -0.25) is 0 Å². The fourth-order valence-electron chi connectivity index (χ4n) is 2.36. The van der Waals surface area contributed by atoms with Gasteiger partial charge in [-0.2, -0.15) is 5.26 Å². The molecule has 3 rings (SSSR count). The Bertz CT molecular complexity index is 959. The van der Waals surface area contributed by atoms with Gasteiger partial charge in [0.05, 0.1) is 25.6 Å². The van der Waals surface area contributed by atoms with Crippen molar-refractivity contribution in [2.45, 2.75) is 0 Å². The van der Waals surface area contributed by atoms with Gasteiger partial charge in [0.15, 0.2) is 0 Å². The van der Waals surface area contributed by atoms with Crippen molar-refractivity contribution in [2.24, 2.45) is 0 Å². The SMILES string of the molecule is COc1ccc(OC)c(NC=C(C#N)c2nc(-c3ccccc3)cs2)c1. The van der Waals surface area contributed by atoms with Crippen LogP contribution in [0.3, 0.4) is 0 Å². The summed E-state index contributed by atoms with van der Waals surface area (Å²) in [5.41, 5.74) is 3.03. The quantitative estimate of drug-likeness (QED) is 0.637. The minimum Gasteiger partial charge on any atom is -0.497 e. The van der Waals surface area contributed by atoms with Crippen LogP contribution in [0.25, 0.3) is 16.8 Å². The molecule has 0 atom stereocenters. The third kappa shape index (κ3) is 3.85. The van der Waals surface area contributed by atoms with Crippen LogP contribution in [-0.4, -0.2) is 19.2 Å². The fourth-order valence-corrected chi connectivity index (χ4v) is 3.15. The first-order valence-corrected chi connectivity index (χ1v) is 8.73. The van der Waals surface area contributed by atoms with Crippen molar-refractivity contribution < 1.29 is 9.47 Å². The number of benzene rings is 2. The van der Waals surface area contributed by atoms with Gasteiger partial charge in [0.2, 0.25) is 0 Å². The van der Waals surface area contributed by atoms with Crippen LogP contribution in [0.2, 0.25) is 0 Å². The number of anilines is 1. The Hall–Kier alpha value is -3.30. The second-order valence-corrected chi connectivity index (χ2v) is 6.14. The van der Waals surface area contributed by atoms with Gasteiger partial charge >= 0.3 is 0 Å². The Morgan fingerprint density at radius 1 is 1.15 bits per heavy atom. The van der Waals surface area contributed by atoms with E-state index in [9.17, 15) is 5.26 Å². The predicted octanol–water partition coefficient (Wildman–Crippen LogP) is 4.80. The van der Waals surface area contributed by atoms with E-state index < -0.39 is 0 Å². The maximum atomic E-state index is 9.52. The second-order valence-electron chi connectivity index (χ2n) is 5.28. The largest absolute Gasteiger partial charge is 0.497 e. The van der Waals surface area contributed by atoms with Crippen LogP contribution in [0.4, 0.5) is 5.69 Å². The van der Waals surface area contributed by atoms with Gasteiger partial charge in [-0.15, -0.1) is 11.3 Å². The first-order valence-electron chi connectivity index (χ1n) is 7.85. The Labute approximate surface area is 156 Å². The van der Waals surface area contributed by atoms with Gasteiger partial charge in [-0.1, -0.05) is 30.3 Å². The molecule has 0 amide bonds. The number of allylic oxidation sites excluding steroid dienone is 1. The third-order valence-corrected chi connectivity index (χ3v) is 4.58. The molecule has 1 aromatic heterocycles. The topological polar surface area (TPSA) is 67.2 Å². The molecule has 1 heterocycles. The Morgan fingerprint density at radius 3 is 2.65 bits per heavy atom. The van der Waals surface area contributed by atoms with E-state index in [-0.39, 0.29) is 0 Å². The van der Waals surface area contributed by atoms with Gasteiger partial charge in [-0.25, -0.2) is 4.98 Å². The van der Waals surface area contributed by atoms with Crippen LogP contribution in [0.15, 0.2) is 60.1 Å². The summed E-state index contributed by atoms with van der Waals surface area (Å²) in [5.74, 6) is 1.35. The Balaban J connectivity index is 1.86. The molecule has 0 bridgehead atoms. The highest BCUT2D eigenvalue weighted by Gasteiger charge is 2.10. The number of nitrogens with zero attached hydrogens (tertiary/aromatic N) is 2. The lowest BCUT2D eigenvalue weighted by atomic mass is 10.2. The van der Waals surface area contributed by atoms with Crippen molar-refractivity contribution >= 4 is 22.6 Å². The lowest BCUT2D eigenvalue weighted by molar-refractivity contribution is 0.405. The minimum atomic E-state index is 0.446. The molecular weight excluding hydrogens is 346 g/mol. The smallest absolute Gasteiger partial charge is 0.142 e. The van der Waals surface area contributed by atoms with E-state index >= 15 is 0 Å². The second kappa shape index (κ2) is 8.19. The summed E-state index contributed by atoms with van der Waals surface area (Å²) in [4.78, 5) is 4.57. The number of aromatic nitrogens is 1. The van der Waals surface area contributed by atoms with E-state index in [0.717, 1.165) is 11.3 Å². The highest BCUT2D eigenvalue weighted by Crippen LogP contribution is 2.30. The molecule has 0 spiro atoms. The first kappa shape index (κ1) is 17.5. The molecule has 0 radical (unpaired) electrons. The standard InChI is InChI=1S/C20H17N3O2S/c1-24-16-8-9-19(25-2)17(10-16)22-12-15(11-21)20-23-18(13-26-20)14-6-4-3-5-7-14/h3-10,12-13,22H,1-2H3. The maximum Gasteiger partial charge on any atom is 0.142 e. The van der Waals surface area contributed by atoms with Crippen molar-refractivity contribution in [3.8, 4) is 28.8 Å². The van der Waals surface area contributed by atoms with Crippen molar-refractivity contribution in [1.82, 2.24) is 4.98 Å². The fraction of sp³-hybridized carbons (Fsp3) is 0.100. The number of hydrogen-bond acceptors (Lipinski definition) is 6. The molecule has 130 valence electrons. The highest BCUT2D eigenvalue weighted by molar-refractivity contribution is 7.11. The summed E-state index contributed by atoms with van der Waals surface area (Å²) in [5, 5.41) is 15.2. The molecule has 0 fully saturated rings.